The number of amides is 2. The van der Waals surface area contributed by atoms with Gasteiger partial charge in [-0.2, -0.15) is 11.8 Å². The highest BCUT2D eigenvalue weighted by Crippen LogP contribution is 2.24. The van der Waals surface area contributed by atoms with E-state index in [0.717, 1.165) is 6.54 Å². The quantitative estimate of drug-likeness (QED) is 0.930. The maximum Gasteiger partial charge on any atom is 0.321 e. The highest BCUT2D eigenvalue weighted by atomic mass is 32.2. The summed E-state index contributed by atoms with van der Waals surface area (Å²) >= 11 is 1.79. The molecule has 0 bridgehead atoms. The van der Waals surface area contributed by atoms with E-state index in [0.29, 0.717) is 23.5 Å². The molecule has 2 amide bonds. The van der Waals surface area contributed by atoms with Crippen LogP contribution in [0.15, 0.2) is 24.3 Å². The summed E-state index contributed by atoms with van der Waals surface area (Å²) in [7, 11) is 4.07. The molecule has 2 rings (SSSR count). The normalized spacial score (nSPS) is 22.4. The predicted octanol–water partition coefficient (Wildman–Crippen LogP) is 2.33. The van der Waals surface area contributed by atoms with Gasteiger partial charge in [0.25, 0.3) is 0 Å². The molecule has 0 aliphatic carbocycles. The second kappa shape index (κ2) is 6.45. The van der Waals surface area contributed by atoms with Crippen LogP contribution in [0, 0.1) is 5.82 Å². The van der Waals surface area contributed by atoms with Gasteiger partial charge in [-0.3, -0.25) is 0 Å². The van der Waals surface area contributed by atoms with E-state index < -0.39 is 0 Å². The van der Waals surface area contributed by atoms with E-state index in [4.69, 9.17) is 0 Å². The molecule has 1 N–H and O–H groups in total. The molecule has 6 heteroatoms. The zero-order chi connectivity index (χ0) is 14.7. The summed E-state index contributed by atoms with van der Waals surface area (Å²) in [5.41, 5.74) is 0.616. The van der Waals surface area contributed by atoms with E-state index in [1.165, 1.54) is 12.1 Å². The summed E-state index contributed by atoms with van der Waals surface area (Å²) in [6, 6.07) is 6.06. The highest BCUT2D eigenvalue weighted by molar-refractivity contribution is 7.99. The third-order valence-corrected chi connectivity index (χ3v) is 4.65. The van der Waals surface area contributed by atoms with Crippen LogP contribution in [-0.4, -0.2) is 60.6 Å². The van der Waals surface area contributed by atoms with Crippen LogP contribution in [0.2, 0.25) is 0 Å². The molecule has 0 aromatic heterocycles. The molecule has 110 valence electrons. The molecule has 1 fully saturated rings. The van der Waals surface area contributed by atoms with Gasteiger partial charge in [-0.1, -0.05) is 0 Å². The van der Waals surface area contributed by atoms with Gasteiger partial charge in [0.1, 0.15) is 5.82 Å². The Hall–Kier alpha value is -1.27. The molecule has 1 heterocycles. The first-order valence-corrected chi connectivity index (χ1v) is 7.80. The Balaban J connectivity index is 1.98. The fourth-order valence-electron chi connectivity index (χ4n) is 2.39. The monoisotopic (exact) mass is 297 g/mol. The minimum absolute atomic E-state index is 0.125. The summed E-state index contributed by atoms with van der Waals surface area (Å²) in [6.45, 7) is 1.45. The van der Waals surface area contributed by atoms with Crippen LogP contribution in [0.5, 0.6) is 0 Å². The Morgan fingerprint density at radius 3 is 2.50 bits per heavy atom. The SMILES string of the molecule is CSC1CN(C(=O)Nc2ccc(F)cc2)CC1N(C)C. The van der Waals surface area contributed by atoms with E-state index in [-0.39, 0.29) is 11.8 Å². The molecule has 0 saturated carbocycles. The number of nitrogens with one attached hydrogen (secondary N) is 1. The summed E-state index contributed by atoms with van der Waals surface area (Å²) in [5.74, 6) is -0.306. The van der Waals surface area contributed by atoms with Crippen molar-refractivity contribution in [2.45, 2.75) is 11.3 Å². The maximum absolute atomic E-state index is 12.8. The third kappa shape index (κ3) is 3.43. The summed E-state index contributed by atoms with van der Waals surface area (Å²) < 4.78 is 12.8. The number of likely N-dealkylation sites (N-methyl/N-ethyl adjacent to an activating group) is 1. The number of thioether (sulfide) groups is 1. The van der Waals surface area contributed by atoms with Gasteiger partial charge in [-0.25, -0.2) is 9.18 Å². The zero-order valence-corrected chi connectivity index (χ0v) is 12.8. The molecular weight excluding hydrogens is 277 g/mol. The van der Waals surface area contributed by atoms with Crippen molar-refractivity contribution >= 4 is 23.5 Å². The minimum Gasteiger partial charge on any atom is -0.322 e. The van der Waals surface area contributed by atoms with E-state index in [1.807, 2.05) is 19.0 Å². The Kier molecular flexibility index (Phi) is 4.88. The van der Waals surface area contributed by atoms with Crippen LogP contribution in [0.25, 0.3) is 0 Å². The zero-order valence-electron chi connectivity index (χ0n) is 12.0. The Labute approximate surface area is 123 Å². The second-order valence-electron chi connectivity index (χ2n) is 5.15. The Morgan fingerprint density at radius 1 is 1.35 bits per heavy atom. The molecule has 2 atom stereocenters. The average Bonchev–Trinajstić information content (AvgIpc) is 2.86. The van der Waals surface area contributed by atoms with E-state index in [2.05, 4.69) is 16.5 Å². The Morgan fingerprint density at radius 2 is 2.00 bits per heavy atom. The fraction of sp³-hybridized carbons (Fsp3) is 0.500. The van der Waals surface area contributed by atoms with Crippen molar-refractivity contribution in [1.29, 1.82) is 0 Å². The van der Waals surface area contributed by atoms with Crippen molar-refractivity contribution in [2.24, 2.45) is 0 Å². The first-order valence-electron chi connectivity index (χ1n) is 6.52. The first-order chi connectivity index (χ1) is 9.51. The van der Waals surface area contributed by atoms with E-state index >= 15 is 0 Å². The Bertz CT molecular complexity index is 466. The average molecular weight is 297 g/mol. The van der Waals surface area contributed by atoms with Crippen molar-refractivity contribution in [3.8, 4) is 0 Å². The van der Waals surface area contributed by atoms with E-state index in [1.54, 1.807) is 23.9 Å². The number of benzene rings is 1. The van der Waals surface area contributed by atoms with E-state index in [9.17, 15) is 9.18 Å². The van der Waals surface area contributed by atoms with Crippen LogP contribution in [-0.2, 0) is 0 Å². The lowest BCUT2D eigenvalue weighted by molar-refractivity contribution is 0.216. The lowest BCUT2D eigenvalue weighted by Gasteiger charge is -2.23. The minimum atomic E-state index is -0.306. The van der Waals surface area contributed by atoms with Gasteiger partial charge in [0.05, 0.1) is 0 Å². The number of rotatable bonds is 3. The number of carbonyl (C=O) groups excluding carboxylic acids is 1. The summed E-state index contributed by atoms with van der Waals surface area (Å²) in [4.78, 5) is 16.2. The van der Waals surface area contributed by atoms with Crippen LogP contribution >= 0.6 is 11.8 Å². The van der Waals surface area contributed by atoms with Crippen molar-refractivity contribution < 1.29 is 9.18 Å². The van der Waals surface area contributed by atoms with Crippen molar-refractivity contribution in [3.63, 3.8) is 0 Å². The van der Waals surface area contributed by atoms with Crippen LogP contribution in [0.1, 0.15) is 0 Å². The summed E-state index contributed by atoms with van der Waals surface area (Å²) in [6.07, 6.45) is 2.07. The van der Waals surface area contributed by atoms with Gasteiger partial charge in [0, 0.05) is 30.1 Å². The summed E-state index contributed by atoms with van der Waals surface area (Å²) in [5, 5.41) is 3.23. The van der Waals surface area contributed by atoms with Gasteiger partial charge in [0.2, 0.25) is 0 Å². The first kappa shape index (κ1) is 15.1. The molecule has 20 heavy (non-hydrogen) atoms. The van der Waals surface area contributed by atoms with Crippen LogP contribution in [0.4, 0.5) is 14.9 Å². The number of halogens is 1. The molecule has 1 aliphatic heterocycles. The lowest BCUT2D eigenvalue weighted by Crippen LogP contribution is -2.38. The second-order valence-corrected chi connectivity index (χ2v) is 6.22. The number of carbonyl (C=O) groups is 1. The van der Waals surface area contributed by atoms with Crippen molar-refractivity contribution in [2.75, 3.05) is 38.8 Å². The molecule has 2 unspecified atom stereocenters. The molecule has 4 nitrogen and oxygen atoms in total. The lowest BCUT2D eigenvalue weighted by atomic mass is 10.2. The molecule has 0 radical (unpaired) electrons. The number of hydrogen-bond acceptors (Lipinski definition) is 3. The van der Waals surface area contributed by atoms with Gasteiger partial charge in [-0.15, -0.1) is 0 Å². The molecule has 1 aliphatic rings. The number of likely N-dealkylation sites (tertiary alicyclic amines) is 1. The number of urea groups is 1. The standard InChI is InChI=1S/C14H20FN3OS/c1-17(2)12-8-18(9-13(12)20-3)14(19)16-11-6-4-10(15)5-7-11/h4-7,12-13H,8-9H2,1-3H3,(H,16,19). The largest absolute Gasteiger partial charge is 0.322 e. The van der Waals surface area contributed by atoms with Crippen LogP contribution < -0.4 is 5.32 Å². The molecule has 1 aromatic rings. The maximum atomic E-state index is 12.8. The number of anilines is 1. The molecular formula is C14H20FN3OS. The van der Waals surface area contributed by atoms with Gasteiger partial charge in [-0.05, 0) is 44.6 Å². The third-order valence-electron chi connectivity index (χ3n) is 3.59. The van der Waals surface area contributed by atoms with Gasteiger partial charge >= 0.3 is 6.03 Å². The topological polar surface area (TPSA) is 35.6 Å². The molecule has 0 spiro atoms. The van der Waals surface area contributed by atoms with Gasteiger partial charge < -0.3 is 15.1 Å². The highest BCUT2D eigenvalue weighted by Gasteiger charge is 2.35. The predicted molar refractivity (Wildman–Crippen MR) is 81.8 cm³/mol. The smallest absolute Gasteiger partial charge is 0.321 e. The van der Waals surface area contributed by atoms with Crippen molar-refractivity contribution in [1.82, 2.24) is 9.80 Å². The molecule has 1 aromatic carbocycles. The number of hydrogen-bond donors (Lipinski definition) is 1. The molecule has 1 saturated heterocycles. The van der Waals surface area contributed by atoms with Crippen molar-refractivity contribution in [3.05, 3.63) is 30.1 Å². The number of nitrogens with zero attached hydrogens (tertiary/aromatic N) is 2. The fourth-order valence-corrected chi connectivity index (χ4v) is 3.36. The van der Waals surface area contributed by atoms with Crippen LogP contribution in [0.3, 0.4) is 0 Å². The van der Waals surface area contributed by atoms with Gasteiger partial charge in [0.15, 0.2) is 0 Å².